The summed E-state index contributed by atoms with van der Waals surface area (Å²) in [7, 11) is 1.62. The minimum Gasteiger partial charge on any atom is -0.550 e. The Morgan fingerprint density at radius 2 is 1.51 bits per heavy atom. The third kappa shape index (κ3) is 8.76. The second-order valence-electron chi connectivity index (χ2n) is 9.78. The standard InChI is InChI=1S/C34H31FN2O5.Na/c1-40-28-15-12-23(13-16-28)31-21-32(42-22-27-7-4-5-8-30(27)35)37-34(36-31)26-11-10-25-20-29(17-14-24(25)19-26)41-18-6-2-3-9-33(38)39;/h4-5,7-8,10-17,19-21H,2-3,6,9,18,22H2,1H3,(H,38,39);/q;+1/p-1. The summed E-state index contributed by atoms with van der Waals surface area (Å²) in [6.45, 7) is 0.542. The molecule has 0 amide bonds. The van der Waals surface area contributed by atoms with Gasteiger partial charge in [0, 0.05) is 28.7 Å². The zero-order valence-corrected chi connectivity index (χ0v) is 26.2. The number of methoxy groups -OCH3 is 1. The molecule has 0 aliphatic heterocycles. The molecule has 0 bridgehead atoms. The van der Waals surface area contributed by atoms with Gasteiger partial charge in [-0.2, -0.15) is 4.98 Å². The zero-order valence-electron chi connectivity index (χ0n) is 24.2. The number of halogens is 1. The van der Waals surface area contributed by atoms with Crippen molar-refractivity contribution in [3.05, 3.63) is 102 Å². The van der Waals surface area contributed by atoms with Gasteiger partial charge >= 0.3 is 29.6 Å². The second-order valence-corrected chi connectivity index (χ2v) is 9.78. The summed E-state index contributed by atoms with van der Waals surface area (Å²) in [5, 5.41) is 12.5. The molecule has 5 rings (SSSR count). The van der Waals surface area contributed by atoms with Crippen LogP contribution in [-0.2, 0) is 11.4 Å². The first kappa shape index (κ1) is 31.9. The molecule has 0 spiro atoms. The van der Waals surface area contributed by atoms with Crippen LogP contribution in [0.5, 0.6) is 17.4 Å². The Morgan fingerprint density at radius 1 is 0.791 bits per heavy atom. The molecule has 0 saturated carbocycles. The maximum atomic E-state index is 14.2. The fourth-order valence-electron chi connectivity index (χ4n) is 4.50. The van der Waals surface area contributed by atoms with Gasteiger partial charge in [-0.15, -0.1) is 0 Å². The topological polar surface area (TPSA) is 93.6 Å². The maximum Gasteiger partial charge on any atom is 1.00 e. The number of aliphatic carboxylic acids is 1. The van der Waals surface area contributed by atoms with Crippen LogP contribution in [0.3, 0.4) is 0 Å². The van der Waals surface area contributed by atoms with E-state index >= 15 is 0 Å². The van der Waals surface area contributed by atoms with E-state index in [1.54, 1.807) is 31.4 Å². The Morgan fingerprint density at radius 3 is 2.28 bits per heavy atom. The Labute approximate surface area is 272 Å². The Kier molecular flexibility index (Phi) is 11.5. The van der Waals surface area contributed by atoms with Crippen LogP contribution in [0, 0.1) is 5.82 Å². The number of carbonyl (C=O) groups excluding carboxylic acids is 1. The van der Waals surface area contributed by atoms with Gasteiger partial charge in [0.25, 0.3) is 0 Å². The van der Waals surface area contributed by atoms with Crippen LogP contribution in [0.2, 0.25) is 0 Å². The van der Waals surface area contributed by atoms with Crippen molar-refractivity contribution in [2.24, 2.45) is 0 Å². The molecule has 4 aromatic carbocycles. The second kappa shape index (κ2) is 15.5. The van der Waals surface area contributed by atoms with Crippen molar-refractivity contribution in [3.8, 4) is 40.0 Å². The molecule has 0 unspecified atom stereocenters. The maximum absolute atomic E-state index is 14.2. The van der Waals surface area contributed by atoms with E-state index in [2.05, 4.69) is 4.98 Å². The molecule has 214 valence electrons. The molecular weight excluding hydrogens is 558 g/mol. The van der Waals surface area contributed by atoms with Gasteiger partial charge in [0.2, 0.25) is 5.88 Å². The predicted octanol–water partition coefficient (Wildman–Crippen LogP) is 3.38. The average molecular weight is 589 g/mol. The van der Waals surface area contributed by atoms with Crippen molar-refractivity contribution in [1.82, 2.24) is 9.97 Å². The van der Waals surface area contributed by atoms with Crippen LogP contribution in [0.1, 0.15) is 31.2 Å². The molecule has 1 heterocycles. The number of aromatic nitrogens is 2. The Bertz CT molecular complexity index is 1680. The summed E-state index contributed by atoms with van der Waals surface area (Å²) in [6, 6.07) is 27.6. The number of benzene rings is 4. The van der Waals surface area contributed by atoms with Gasteiger partial charge in [-0.3, -0.25) is 0 Å². The van der Waals surface area contributed by atoms with Crippen molar-refractivity contribution in [1.29, 1.82) is 0 Å². The number of unbranched alkanes of at least 4 members (excludes halogenated alkanes) is 2. The van der Waals surface area contributed by atoms with Crippen molar-refractivity contribution in [2.75, 3.05) is 13.7 Å². The number of hydrogen-bond donors (Lipinski definition) is 0. The molecule has 0 N–H and O–H groups in total. The molecule has 7 nitrogen and oxygen atoms in total. The smallest absolute Gasteiger partial charge is 0.550 e. The van der Waals surface area contributed by atoms with Crippen molar-refractivity contribution < 1.29 is 58.1 Å². The van der Waals surface area contributed by atoms with Crippen molar-refractivity contribution in [2.45, 2.75) is 32.3 Å². The van der Waals surface area contributed by atoms with Gasteiger partial charge in [0.1, 0.15) is 23.9 Å². The van der Waals surface area contributed by atoms with E-state index in [1.807, 2.05) is 60.7 Å². The molecule has 0 aliphatic rings. The summed E-state index contributed by atoms with van der Waals surface area (Å²) >= 11 is 0. The van der Waals surface area contributed by atoms with Crippen LogP contribution in [0.15, 0.2) is 91.0 Å². The molecule has 9 heteroatoms. The minimum atomic E-state index is -1.02. The summed E-state index contributed by atoms with van der Waals surface area (Å²) < 4.78 is 31.3. The molecule has 5 aromatic rings. The first-order valence-electron chi connectivity index (χ1n) is 13.7. The third-order valence-electron chi connectivity index (χ3n) is 6.79. The van der Waals surface area contributed by atoms with Gasteiger partial charge < -0.3 is 24.1 Å². The van der Waals surface area contributed by atoms with E-state index in [1.165, 1.54) is 6.07 Å². The van der Waals surface area contributed by atoms with Gasteiger partial charge in [-0.25, -0.2) is 9.37 Å². The van der Waals surface area contributed by atoms with Crippen LogP contribution < -0.4 is 48.9 Å². The third-order valence-corrected chi connectivity index (χ3v) is 6.79. The van der Waals surface area contributed by atoms with Crippen molar-refractivity contribution in [3.63, 3.8) is 0 Å². The van der Waals surface area contributed by atoms with Crippen LogP contribution >= 0.6 is 0 Å². The van der Waals surface area contributed by atoms with E-state index in [0.29, 0.717) is 36.0 Å². The number of hydrogen-bond acceptors (Lipinski definition) is 7. The number of rotatable bonds is 13. The van der Waals surface area contributed by atoms with Gasteiger partial charge in [0.05, 0.1) is 19.4 Å². The first-order chi connectivity index (χ1) is 20.5. The summed E-state index contributed by atoms with van der Waals surface area (Å²) in [5.74, 6) is 0.933. The van der Waals surface area contributed by atoms with E-state index in [0.717, 1.165) is 46.2 Å². The summed E-state index contributed by atoms with van der Waals surface area (Å²) in [5.41, 5.74) is 2.76. The van der Waals surface area contributed by atoms with Gasteiger partial charge in [-0.1, -0.05) is 36.4 Å². The van der Waals surface area contributed by atoms with Crippen LogP contribution in [-0.4, -0.2) is 29.7 Å². The number of carbonyl (C=O) groups is 1. The van der Waals surface area contributed by atoms with Crippen molar-refractivity contribution >= 4 is 16.7 Å². The summed E-state index contributed by atoms with van der Waals surface area (Å²) in [4.78, 5) is 20.0. The molecule has 0 radical (unpaired) electrons. The fourth-order valence-corrected chi connectivity index (χ4v) is 4.50. The minimum absolute atomic E-state index is 0. The van der Waals surface area contributed by atoms with E-state index < -0.39 is 5.97 Å². The normalized spacial score (nSPS) is 10.7. The predicted molar refractivity (Wildman–Crippen MR) is 157 cm³/mol. The van der Waals surface area contributed by atoms with E-state index in [-0.39, 0.29) is 48.4 Å². The fraction of sp³-hybridized carbons (Fsp3) is 0.206. The molecule has 0 aliphatic carbocycles. The number of ether oxygens (including phenoxy) is 3. The number of fused-ring (bicyclic) bond motifs is 1. The molecule has 43 heavy (non-hydrogen) atoms. The Hall–Kier alpha value is -3.98. The number of nitrogens with zero attached hydrogens (tertiary/aromatic N) is 2. The quantitative estimate of drug-likeness (QED) is 0.154. The summed E-state index contributed by atoms with van der Waals surface area (Å²) in [6.07, 6.45) is 2.20. The zero-order chi connectivity index (χ0) is 29.3. The van der Waals surface area contributed by atoms with Gasteiger partial charge in [0.15, 0.2) is 5.82 Å². The Balaban J connectivity index is 0.00000423. The molecule has 1 aromatic heterocycles. The monoisotopic (exact) mass is 588 g/mol. The first-order valence-corrected chi connectivity index (χ1v) is 13.7. The largest absolute Gasteiger partial charge is 1.00 e. The molecule has 0 atom stereocenters. The van der Waals surface area contributed by atoms with Gasteiger partial charge in [-0.05, 0) is 85.0 Å². The number of carboxylic acids is 1. The molecule has 0 fully saturated rings. The van der Waals surface area contributed by atoms with Crippen LogP contribution in [0.4, 0.5) is 4.39 Å². The molecular formula is C34H30FN2NaO5. The average Bonchev–Trinajstić information content (AvgIpc) is 3.01. The van der Waals surface area contributed by atoms with E-state index in [4.69, 9.17) is 19.2 Å². The number of carboxylic acid groups (broad SMARTS) is 1. The SMILES string of the molecule is COc1ccc(-c2cc(OCc3ccccc3F)nc(-c3ccc4cc(OCCCCCC(=O)[O-])ccc4c3)n2)cc1.[Na+]. The van der Waals surface area contributed by atoms with E-state index in [9.17, 15) is 14.3 Å². The van der Waals surface area contributed by atoms with Crippen LogP contribution in [0.25, 0.3) is 33.4 Å². The molecule has 0 saturated heterocycles.